The summed E-state index contributed by atoms with van der Waals surface area (Å²) in [6, 6.07) is 6.44. The van der Waals surface area contributed by atoms with Crippen LogP contribution < -0.4 is 10.1 Å². The molecule has 1 N–H and O–H groups in total. The monoisotopic (exact) mass is 219 g/mol. The van der Waals surface area contributed by atoms with Crippen LogP contribution in [0.15, 0.2) is 18.2 Å². The summed E-state index contributed by atoms with van der Waals surface area (Å²) in [6.45, 7) is 6.67. The lowest BCUT2D eigenvalue weighted by atomic mass is 9.86. The number of hydrogen-bond acceptors (Lipinski definition) is 2. The lowest BCUT2D eigenvalue weighted by Crippen LogP contribution is -2.12. The molecule has 1 saturated carbocycles. The van der Waals surface area contributed by atoms with Crippen LogP contribution in [-0.4, -0.2) is 13.2 Å². The minimum absolute atomic E-state index is 0.161. The molecule has 1 aliphatic carbocycles. The summed E-state index contributed by atoms with van der Waals surface area (Å²) < 4.78 is 5.86. The van der Waals surface area contributed by atoms with Gasteiger partial charge in [0.05, 0.1) is 6.10 Å². The standard InChI is InChI=1S/C14H21NO/c1-14(2,3)10-7-11(15-4)9-13(8-10)16-12-5-6-12/h7-9,12,15H,5-6H2,1-4H3. The minimum atomic E-state index is 0.161. The van der Waals surface area contributed by atoms with Gasteiger partial charge in [0, 0.05) is 18.8 Å². The Balaban J connectivity index is 2.29. The van der Waals surface area contributed by atoms with E-state index in [2.05, 4.69) is 44.3 Å². The molecule has 0 spiro atoms. The maximum absolute atomic E-state index is 5.86. The molecule has 2 nitrogen and oxygen atoms in total. The third kappa shape index (κ3) is 2.69. The van der Waals surface area contributed by atoms with Crippen molar-refractivity contribution in [1.29, 1.82) is 0 Å². The number of benzene rings is 1. The predicted molar refractivity (Wildman–Crippen MR) is 68.3 cm³/mol. The van der Waals surface area contributed by atoms with Crippen molar-refractivity contribution in [3.8, 4) is 5.75 Å². The first-order valence-corrected chi connectivity index (χ1v) is 5.99. The fraction of sp³-hybridized carbons (Fsp3) is 0.571. The molecular formula is C14H21NO. The first-order chi connectivity index (χ1) is 7.49. The van der Waals surface area contributed by atoms with E-state index in [1.165, 1.54) is 18.4 Å². The molecule has 0 heterocycles. The normalized spacial score (nSPS) is 16.0. The number of nitrogens with one attached hydrogen (secondary N) is 1. The summed E-state index contributed by atoms with van der Waals surface area (Å²) in [5.74, 6) is 0.999. The molecule has 0 atom stereocenters. The van der Waals surface area contributed by atoms with Crippen LogP contribution in [0.4, 0.5) is 5.69 Å². The van der Waals surface area contributed by atoms with E-state index in [0.29, 0.717) is 6.10 Å². The van der Waals surface area contributed by atoms with Gasteiger partial charge in [0.2, 0.25) is 0 Å². The molecule has 1 fully saturated rings. The molecule has 2 heteroatoms. The van der Waals surface area contributed by atoms with Crippen LogP contribution in [0.5, 0.6) is 5.75 Å². The Hall–Kier alpha value is -1.18. The van der Waals surface area contributed by atoms with Gasteiger partial charge in [-0.2, -0.15) is 0 Å². The molecule has 0 aliphatic heterocycles. The number of ether oxygens (including phenoxy) is 1. The van der Waals surface area contributed by atoms with Crippen molar-refractivity contribution in [3.63, 3.8) is 0 Å². The molecule has 0 saturated heterocycles. The predicted octanol–water partition coefficient (Wildman–Crippen LogP) is 3.57. The second-order valence-corrected chi connectivity index (χ2v) is 5.56. The van der Waals surface area contributed by atoms with Gasteiger partial charge in [-0.05, 0) is 36.0 Å². The Labute approximate surface area is 98.0 Å². The Morgan fingerprint density at radius 2 is 1.88 bits per heavy atom. The van der Waals surface area contributed by atoms with Gasteiger partial charge in [-0.1, -0.05) is 20.8 Å². The molecule has 88 valence electrons. The molecule has 16 heavy (non-hydrogen) atoms. The molecule has 0 radical (unpaired) electrons. The van der Waals surface area contributed by atoms with Crippen molar-refractivity contribution in [3.05, 3.63) is 23.8 Å². The number of rotatable bonds is 3. The summed E-state index contributed by atoms with van der Waals surface area (Å²) in [6.07, 6.45) is 2.86. The van der Waals surface area contributed by atoms with Gasteiger partial charge in [0.1, 0.15) is 5.75 Å². The summed E-state index contributed by atoms with van der Waals surface area (Å²) >= 11 is 0. The smallest absolute Gasteiger partial charge is 0.122 e. The van der Waals surface area contributed by atoms with Crippen molar-refractivity contribution in [2.75, 3.05) is 12.4 Å². The summed E-state index contributed by atoms with van der Waals surface area (Å²) in [5.41, 5.74) is 2.60. The van der Waals surface area contributed by atoms with Crippen LogP contribution >= 0.6 is 0 Å². The third-order valence-corrected chi connectivity index (χ3v) is 2.89. The minimum Gasteiger partial charge on any atom is -0.490 e. The molecule has 1 aromatic rings. The Kier molecular flexibility index (Phi) is 2.83. The van der Waals surface area contributed by atoms with Gasteiger partial charge in [-0.15, -0.1) is 0 Å². The number of hydrogen-bond donors (Lipinski definition) is 1. The number of anilines is 1. The van der Waals surface area contributed by atoms with Crippen molar-refractivity contribution in [1.82, 2.24) is 0 Å². The van der Waals surface area contributed by atoms with Crippen LogP contribution in [0.1, 0.15) is 39.2 Å². The summed E-state index contributed by atoms with van der Waals surface area (Å²) in [5, 5.41) is 3.19. The average molecular weight is 219 g/mol. The SMILES string of the molecule is CNc1cc(OC2CC2)cc(C(C)(C)C)c1. The Morgan fingerprint density at radius 3 is 2.38 bits per heavy atom. The fourth-order valence-electron chi connectivity index (χ4n) is 1.62. The average Bonchev–Trinajstić information content (AvgIpc) is 3.00. The van der Waals surface area contributed by atoms with Crippen molar-refractivity contribution < 1.29 is 4.74 Å². The van der Waals surface area contributed by atoms with Crippen LogP contribution in [0.25, 0.3) is 0 Å². The van der Waals surface area contributed by atoms with Crippen LogP contribution in [0.2, 0.25) is 0 Å². The van der Waals surface area contributed by atoms with E-state index in [1.54, 1.807) is 0 Å². The summed E-state index contributed by atoms with van der Waals surface area (Å²) in [4.78, 5) is 0. The van der Waals surface area contributed by atoms with Crippen molar-refractivity contribution in [2.24, 2.45) is 0 Å². The van der Waals surface area contributed by atoms with Gasteiger partial charge in [0.15, 0.2) is 0 Å². The van der Waals surface area contributed by atoms with Crippen molar-refractivity contribution in [2.45, 2.75) is 45.1 Å². The largest absolute Gasteiger partial charge is 0.490 e. The zero-order valence-electron chi connectivity index (χ0n) is 10.6. The zero-order chi connectivity index (χ0) is 11.8. The van der Waals surface area contributed by atoms with Gasteiger partial charge in [0.25, 0.3) is 0 Å². The lowest BCUT2D eigenvalue weighted by Gasteiger charge is -2.21. The quantitative estimate of drug-likeness (QED) is 0.839. The second-order valence-electron chi connectivity index (χ2n) is 5.56. The molecule has 1 aliphatic rings. The highest BCUT2D eigenvalue weighted by atomic mass is 16.5. The van der Waals surface area contributed by atoms with Gasteiger partial charge < -0.3 is 10.1 Å². The third-order valence-electron chi connectivity index (χ3n) is 2.89. The molecule has 0 unspecified atom stereocenters. The van der Waals surface area contributed by atoms with Gasteiger partial charge >= 0.3 is 0 Å². The van der Waals surface area contributed by atoms with Gasteiger partial charge in [-0.25, -0.2) is 0 Å². The molecule has 0 amide bonds. The van der Waals surface area contributed by atoms with E-state index in [0.717, 1.165) is 11.4 Å². The van der Waals surface area contributed by atoms with E-state index in [9.17, 15) is 0 Å². The van der Waals surface area contributed by atoms with Gasteiger partial charge in [-0.3, -0.25) is 0 Å². The Bertz CT molecular complexity index is 375. The molecule has 2 rings (SSSR count). The van der Waals surface area contributed by atoms with Crippen molar-refractivity contribution >= 4 is 5.69 Å². The highest BCUT2D eigenvalue weighted by molar-refractivity contribution is 5.52. The Morgan fingerprint density at radius 1 is 1.19 bits per heavy atom. The van der Waals surface area contributed by atoms with Crippen LogP contribution in [-0.2, 0) is 5.41 Å². The van der Waals surface area contributed by atoms with E-state index in [1.807, 2.05) is 7.05 Å². The van der Waals surface area contributed by atoms with E-state index in [-0.39, 0.29) is 5.41 Å². The maximum atomic E-state index is 5.86. The molecule has 0 bridgehead atoms. The molecular weight excluding hydrogens is 198 g/mol. The maximum Gasteiger partial charge on any atom is 0.122 e. The van der Waals surface area contributed by atoms with E-state index >= 15 is 0 Å². The first kappa shape index (κ1) is 11.3. The zero-order valence-corrected chi connectivity index (χ0v) is 10.6. The highest BCUT2D eigenvalue weighted by Crippen LogP contribution is 2.33. The van der Waals surface area contributed by atoms with Crippen LogP contribution in [0.3, 0.4) is 0 Å². The first-order valence-electron chi connectivity index (χ1n) is 5.99. The second kappa shape index (κ2) is 4.00. The topological polar surface area (TPSA) is 21.3 Å². The summed E-state index contributed by atoms with van der Waals surface area (Å²) in [7, 11) is 1.95. The molecule has 0 aromatic heterocycles. The lowest BCUT2D eigenvalue weighted by molar-refractivity contribution is 0.302. The van der Waals surface area contributed by atoms with E-state index < -0.39 is 0 Å². The van der Waals surface area contributed by atoms with Crippen LogP contribution in [0, 0.1) is 0 Å². The highest BCUT2D eigenvalue weighted by Gasteiger charge is 2.24. The molecule has 1 aromatic carbocycles. The van der Waals surface area contributed by atoms with E-state index in [4.69, 9.17) is 4.74 Å². The fourth-order valence-corrected chi connectivity index (χ4v) is 1.62.